The van der Waals surface area contributed by atoms with E-state index in [2.05, 4.69) is 10.3 Å². The summed E-state index contributed by atoms with van der Waals surface area (Å²) in [5, 5.41) is 3.57. The van der Waals surface area contributed by atoms with Crippen LogP contribution in [0.5, 0.6) is 0 Å². The Bertz CT molecular complexity index is 852. The van der Waals surface area contributed by atoms with Crippen molar-refractivity contribution in [3.8, 4) is 0 Å². The van der Waals surface area contributed by atoms with Crippen molar-refractivity contribution in [1.82, 2.24) is 13.9 Å². The second-order valence-electron chi connectivity index (χ2n) is 6.87. The molecule has 2 atom stereocenters. The number of aryl methyl sites for hydroxylation is 1. The predicted molar refractivity (Wildman–Crippen MR) is 93.7 cm³/mol. The Kier molecular flexibility index (Phi) is 4.05. The van der Waals surface area contributed by atoms with Gasteiger partial charge in [-0.3, -0.25) is 0 Å². The Morgan fingerprint density at radius 1 is 1.32 bits per heavy atom. The van der Waals surface area contributed by atoms with Gasteiger partial charge in [0, 0.05) is 38.4 Å². The van der Waals surface area contributed by atoms with Crippen LogP contribution < -0.4 is 5.32 Å². The fraction of sp³-hybridized carbons (Fsp3) is 0.471. The number of nitrogens with one attached hydrogen (secondary N) is 1. The van der Waals surface area contributed by atoms with Crippen LogP contribution in [0.3, 0.4) is 0 Å². The third kappa shape index (κ3) is 3.17. The second kappa shape index (κ2) is 6.12. The zero-order valence-electron chi connectivity index (χ0n) is 14.1. The van der Waals surface area contributed by atoms with Crippen LogP contribution in [0.2, 0.25) is 0 Å². The number of hydrogen-bond acceptors (Lipinski definition) is 5. The van der Waals surface area contributed by atoms with Crippen molar-refractivity contribution in [1.29, 1.82) is 0 Å². The lowest BCUT2D eigenvalue weighted by Gasteiger charge is -2.23. The molecule has 1 aromatic carbocycles. The van der Waals surface area contributed by atoms with Crippen LogP contribution >= 0.6 is 0 Å². The van der Waals surface area contributed by atoms with E-state index in [0.29, 0.717) is 26.1 Å². The number of anilines is 1. The summed E-state index contributed by atoms with van der Waals surface area (Å²) >= 11 is 0. The van der Waals surface area contributed by atoms with E-state index in [1.165, 1.54) is 16.8 Å². The highest BCUT2D eigenvalue weighted by Gasteiger charge is 2.49. The molecule has 4 rings (SSSR count). The molecule has 2 unspecified atom stereocenters. The molecule has 2 saturated heterocycles. The average molecular weight is 362 g/mol. The minimum absolute atomic E-state index is 0.101. The minimum Gasteiger partial charge on any atom is -0.380 e. The molecule has 0 amide bonds. The molecule has 134 valence electrons. The molecule has 2 aliphatic rings. The van der Waals surface area contributed by atoms with Crippen molar-refractivity contribution in [2.45, 2.75) is 29.5 Å². The van der Waals surface area contributed by atoms with Gasteiger partial charge in [-0.15, -0.1) is 0 Å². The molecule has 0 radical (unpaired) electrons. The van der Waals surface area contributed by atoms with Crippen LogP contribution in [0.25, 0.3) is 0 Å². The molecular weight excluding hydrogens is 340 g/mol. The summed E-state index contributed by atoms with van der Waals surface area (Å²) in [7, 11) is -1.80. The van der Waals surface area contributed by atoms with Crippen LogP contribution in [-0.2, 0) is 21.8 Å². The minimum atomic E-state index is -3.56. The monoisotopic (exact) mass is 362 g/mol. The normalized spacial score (nSPS) is 27.2. The fourth-order valence-corrected chi connectivity index (χ4v) is 5.14. The summed E-state index contributed by atoms with van der Waals surface area (Å²) in [6.45, 7) is 1.45. The number of ether oxygens (including phenoxy) is 1. The number of nitrogens with zero attached hydrogens (tertiary/aromatic N) is 3. The molecule has 1 aromatic heterocycles. The van der Waals surface area contributed by atoms with Crippen LogP contribution in [0.15, 0.2) is 47.9 Å². The Labute approximate surface area is 147 Å². The molecule has 0 bridgehead atoms. The second-order valence-corrected chi connectivity index (χ2v) is 8.76. The quantitative estimate of drug-likeness (QED) is 0.891. The highest BCUT2D eigenvalue weighted by atomic mass is 32.2. The van der Waals surface area contributed by atoms with E-state index in [1.807, 2.05) is 30.3 Å². The van der Waals surface area contributed by atoms with Gasteiger partial charge in [-0.2, -0.15) is 4.31 Å². The summed E-state index contributed by atoms with van der Waals surface area (Å²) in [6.07, 6.45) is 4.56. The number of para-hydroxylation sites is 1. The van der Waals surface area contributed by atoms with E-state index in [9.17, 15) is 8.42 Å². The molecule has 2 fully saturated rings. The van der Waals surface area contributed by atoms with E-state index in [1.54, 1.807) is 11.6 Å². The van der Waals surface area contributed by atoms with Crippen molar-refractivity contribution in [3.05, 3.63) is 42.9 Å². The van der Waals surface area contributed by atoms with E-state index in [-0.39, 0.29) is 11.1 Å². The fourth-order valence-electron chi connectivity index (χ4n) is 3.66. The van der Waals surface area contributed by atoms with Crippen LogP contribution in [0.1, 0.15) is 12.8 Å². The Balaban J connectivity index is 1.44. The molecular formula is C17H22N4O3S. The number of hydrogen-bond donors (Lipinski definition) is 1. The maximum Gasteiger partial charge on any atom is 0.262 e. The van der Waals surface area contributed by atoms with Gasteiger partial charge in [0.25, 0.3) is 10.0 Å². The smallest absolute Gasteiger partial charge is 0.262 e. The molecule has 25 heavy (non-hydrogen) atoms. The zero-order valence-corrected chi connectivity index (χ0v) is 14.9. The van der Waals surface area contributed by atoms with E-state index in [4.69, 9.17) is 4.74 Å². The van der Waals surface area contributed by atoms with Gasteiger partial charge >= 0.3 is 0 Å². The van der Waals surface area contributed by atoms with Gasteiger partial charge in [-0.25, -0.2) is 13.4 Å². The molecule has 0 aliphatic carbocycles. The van der Waals surface area contributed by atoms with Gasteiger partial charge in [0.15, 0.2) is 5.03 Å². The number of imidazole rings is 1. The van der Waals surface area contributed by atoms with Gasteiger partial charge in [0.2, 0.25) is 0 Å². The van der Waals surface area contributed by atoms with Crippen molar-refractivity contribution >= 4 is 15.7 Å². The van der Waals surface area contributed by atoms with Gasteiger partial charge in [0.05, 0.1) is 24.6 Å². The lowest BCUT2D eigenvalue weighted by molar-refractivity contribution is 0.0173. The molecule has 1 spiro atoms. The van der Waals surface area contributed by atoms with E-state index >= 15 is 0 Å². The van der Waals surface area contributed by atoms with Crippen molar-refractivity contribution < 1.29 is 13.2 Å². The molecule has 2 aromatic rings. The number of rotatable bonds is 4. The van der Waals surface area contributed by atoms with E-state index < -0.39 is 15.6 Å². The molecule has 3 heterocycles. The first-order valence-corrected chi connectivity index (χ1v) is 9.85. The van der Waals surface area contributed by atoms with Crippen molar-refractivity contribution in [3.63, 3.8) is 0 Å². The maximum atomic E-state index is 12.7. The standard InChI is InChI=1S/C17H22N4O3S/c1-20-10-16(18-13-20)25(22,23)21-8-7-17(12-21)9-15(11-24-17)19-14-5-3-2-4-6-14/h2-6,10,13,15,19H,7-9,11-12H2,1H3. The summed E-state index contributed by atoms with van der Waals surface area (Å²) < 4.78 is 34.7. The third-order valence-corrected chi connectivity index (χ3v) is 6.65. The summed E-state index contributed by atoms with van der Waals surface area (Å²) in [4.78, 5) is 4.00. The zero-order chi connectivity index (χ0) is 17.5. The Morgan fingerprint density at radius 2 is 2.12 bits per heavy atom. The van der Waals surface area contributed by atoms with Gasteiger partial charge in [-0.05, 0) is 18.6 Å². The molecule has 2 aliphatic heterocycles. The third-order valence-electron chi connectivity index (χ3n) is 4.92. The lowest BCUT2D eigenvalue weighted by atomic mass is 9.97. The SMILES string of the molecule is Cn1cnc(S(=O)(=O)N2CCC3(CC(Nc4ccccc4)CO3)C2)c1. The van der Waals surface area contributed by atoms with Crippen molar-refractivity contribution in [2.75, 3.05) is 25.0 Å². The topological polar surface area (TPSA) is 76.5 Å². The van der Waals surface area contributed by atoms with Crippen LogP contribution in [-0.4, -0.2) is 53.6 Å². The van der Waals surface area contributed by atoms with Gasteiger partial charge in [-0.1, -0.05) is 18.2 Å². The summed E-state index contributed by atoms with van der Waals surface area (Å²) in [5.41, 5.74) is 0.665. The largest absolute Gasteiger partial charge is 0.380 e. The highest BCUT2D eigenvalue weighted by Crippen LogP contribution is 2.38. The highest BCUT2D eigenvalue weighted by molar-refractivity contribution is 7.89. The Morgan fingerprint density at radius 3 is 2.84 bits per heavy atom. The first kappa shape index (κ1) is 16.6. The van der Waals surface area contributed by atoms with Gasteiger partial charge < -0.3 is 14.6 Å². The molecule has 1 N–H and O–H groups in total. The van der Waals surface area contributed by atoms with Crippen LogP contribution in [0.4, 0.5) is 5.69 Å². The van der Waals surface area contributed by atoms with Crippen molar-refractivity contribution in [2.24, 2.45) is 7.05 Å². The lowest BCUT2D eigenvalue weighted by Crippen LogP contribution is -2.36. The maximum absolute atomic E-state index is 12.7. The first-order valence-electron chi connectivity index (χ1n) is 8.41. The average Bonchev–Trinajstić information content (AvgIpc) is 3.31. The number of aromatic nitrogens is 2. The van der Waals surface area contributed by atoms with Crippen LogP contribution in [0, 0.1) is 0 Å². The molecule has 8 heteroatoms. The first-order chi connectivity index (χ1) is 12.0. The molecule has 0 saturated carbocycles. The summed E-state index contributed by atoms with van der Waals surface area (Å²) in [6, 6.07) is 10.2. The molecule has 7 nitrogen and oxygen atoms in total. The van der Waals surface area contributed by atoms with Gasteiger partial charge in [0.1, 0.15) is 0 Å². The predicted octanol–water partition coefficient (Wildman–Crippen LogP) is 1.45. The summed E-state index contributed by atoms with van der Waals surface area (Å²) in [5.74, 6) is 0. The van der Waals surface area contributed by atoms with E-state index in [0.717, 1.165) is 12.1 Å². The number of benzene rings is 1. The Hall–Kier alpha value is -1.90. The number of sulfonamides is 1.